The summed E-state index contributed by atoms with van der Waals surface area (Å²) in [5, 5.41) is 3.22. The molecule has 1 N–H and O–H groups in total. The van der Waals surface area contributed by atoms with Crippen molar-refractivity contribution in [3.05, 3.63) is 71.0 Å². The van der Waals surface area contributed by atoms with Crippen molar-refractivity contribution in [1.82, 2.24) is 10.2 Å². The van der Waals surface area contributed by atoms with Gasteiger partial charge in [0.25, 0.3) is 5.91 Å². The van der Waals surface area contributed by atoms with Gasteiger partial charge in [-0.3, -0.25) is 9.59 Å². The maximum absolute atomic E-state index is 13.3. The van der Waals surface area contributed by atoms with Crippen LogP contribution in [0.3, 0.4) is 0 Å². The maximum atomic E-state index is 13.3. The van der Waals surface area contributed by atoms with Crippen molar-refractivity contribution in [1.29, 1.82) is 0 Å². The van der Waals surface area contributed by atoms with Crippen molar-refractivity contribution >= 4 is 11.8 Å². The minimum Gasteiger partial charge on any atom is -0.351 e. The minimum atomic E-state index is -0.644. The summed E-state index contributed by atoms with van der Waals surface area (Å²) in [5.41, 5.74) is 2.13. The number of rotatable bonds is 4. The molecule has 2 aliphatic rings. The molecule has 1 fully saturated rings. The molecule has 152 valence electrons. The highest BCUT2D eigenvalue weighted by Crippen LogP contribution is 2.35. The fourth-order valence-electron chi connectivity index (χ4n) is 4.48. The topological polar surface area (TPSA) is 49.4 Å². The smallest absolute Gasteiger partial charge is 0.255 e. The van der Waals surface area contributed by atoms with Crippen LogP contribution < -0.4 is 5.32 Å². The summed E-state index contributed by atoms with van der Waals surface area (Å²) in [6.07, 6.45) is 7.95. The number of hydrogen-bond donors (Lipinski definition) is 1. The van der Waals surface area contributed by atoms with Crippen molar-refractivity contribution in [2.24, 2.45) is 0 Å². The molecule has 1 aliphatic carbocycles. The van der Waals surface area contributed by atoms with Crippen molar-refractivity contribution in [3.8, 4) is 0 Å². The highest BCUT2D eigenvalue weighted by molar-refractivity contribution is 6.04. The molecular weight excluding hydrogens is 367 g/mol. The van der Waals surface area contributed by atoms with Crippen molar-refractivity contribution in [2.45, 2.75) is 63.6 Å². The van der Waals surface area contributed by atoms with Gasteiger partial charge in [-0.15, -0.1) is 0 Å². The van der Waals surface area contributed by atoms with E-state index in [2.05, 4.69) is 5.32 Å². The molecule has 1 aliphatic heterocycles. The lowest BCUT2D eigenvalue weighted by atomic mass is 9.96. The molecule has 2 aromatic rings. The molecule has 4 nitrogen and oxygen atoms in total. The number of halogens is 1. The Morgan fingerprint density at radius 2 is 1.62 bits per heavy atom. The lowest BCUT2D eigenvalue weighted by Gasteiger charge is -2.28. The summed E-state index contributed by atoms with van der Waals surface area (Å²) in [7, 11) is 0. The molecule has 4 rings (SSSR count). The molecule has 1 saturated carbocycles. The average Bonchev–Trinajstić information content (AvgIpc) is 2.98. The Bertz CT molecular complexity index is 873. The average molecular weight is 394 g/mol. The molecular formula is C24H27FN2O2. The second-order valence-electron chi connectivity index (χ2n) is 8.10. The zero-order chi connectivity index (χ0) is 20.2. The summed E-state index contributed by atoms with van der Waals surface area (Å²) < 4.78 is 13.3. The van der Waals surface area contributed by atoms with Gasteiger partial charge in [-0.1, -0.05) is 62.4 Å². The van der Waals surface area contributed by atoms with E-state index < -0.39 is 6.04 Å². The molecule has 0 aromatic heterocycles. The van der Waals surface area contributed by atoms with Gasteiger partial charge in [-0.2, -0.15) is 0 Å². The van der Waals surface area contributed by atoms with Gasteiger partial charge < -0.3 is 10.2 Å². The normalized spacial score (nSPS) is 20.1. The van der Waals surface area contributed by atoms with E-state index in [-0.39, 0.29) is 30.2 Å². The van der Waals surface area contributed by atoms with E-state index in [4.69, 9.17) is 0 Å². The number of nitrogens with zero attached hydrogens (tertiary/aromatic N) is 1. The van der Waals surface area contributed by atoms with Gasteiger partial charge in [-0.25, -0.2) is 4.39 Å². The van der Waals surface area contributed by atoms with Gasteiger partial charge in [0.2, 0.25) is 5.91 Å². The predicted molar refractivity (Wildman–Crippen MR) is 110 cm³/mol. The quantitative estimate of drug-likeness (QED) is 0.813. The minimum absolute atomic E-state index is 0.115. The van der Waals surface area contributed by atoms with Crippen LogP contribution in [0.2, 0.25) is 0 Å². The van der Waals surface area contributed by atoms with Gasteiger partial charge in [0.1, 0.15) is 11.9 Å². The van der Waals surface area contributed by atoms with Gasteiger partial charge >= 0.3 is 0 Å². The monoisotopic (exact) mass is 394 g/mol. The fourth-order valence-corrected chi connectivity index (χ4v) is 4.48. The number of carbonyl (C=O) groups is 2. The van der Waals surface area contributed by atoms with Crippen molar-refractivity contribution < 1.29 is 14.0 Å². The fraction of sp³-hybridized carbons (Fsp3) is 0.417. The van der Waals surface area contributed by atoms with E-state index in [0.29, 0.717) is 5.56 Å². The van der Waals surface area contributed by atoms with Crippen LogP contribution in [0.1, 0.15) is 72.5 Å². The number of hydrogen-bond acceptors (Lipinski definition) is 2. The highest BCUT2D eigenvalue weighted by atomic mass is 19.1. The van der Waals surface area contributed by atoms with Crippen LogP contribution in [0.5, 0.6) is 0 Å². The number of carbonyl (C=O) groups excluding carboxylic acids is 2. The number of nitrogens with one attached hydrogen (secondary N) is 1. The standard InChI is InChI=1S/C24H27FN2O2/c25-18-14-12-17(13-15-18)16-27-22(20-10-6-7-11-21(20)24(27)29)23(28)26-19-8-4-2-1-3-5-9-19/h6-7,10-15,19,22H,1-5,8-9,16H2,(H,26,28)/t22-/m0/s1. The molecule has 0 bridgehead atoms. The van der Waals surface area contributed by atoms with E-state index in [1.54, 1.807) is 23.1 Å². The SMILES string of the molecule is O=C(NC1CCCCCCC1)[C@@H]1c2ccccc2C(=O)N1Cc1ccc(F)cc1. The molecule has 0 radical (unpaired) electrons. The van der Waals surface area contributed by atoms with E-state index in [1.807, 2.05) is 18.2 Å². The van der Waals surface area contributed by atoms with Crippen LogP contribution in [0.15, 0.2) is 48.5 Å². The zero-order valence-corrected chi connectivity index (χ0v) is 16.6. The van der Waals surface area contributed by atoms with Gasteiger partial charge in [0.05, 0.1) is 0 Å². The summed E-state index contributed by atoms with van der Waals surface area (Å²) >= 11 is 0. The number of amides is 2. The first-order chi connectivity index (χ1) is 14.1. The molecule has 0 spiro atoms. The Kier molecular flexibility index (Phi) is 5.93. The van der Waals surface area contributed by atoms with Crippen LogP contribution in [0.25, 0.3) is 0 Å². The lowest BCUT2D eigenvalue weighted by molar-refractivity contribution is -0.126. The predicted octanol–water partition coefficient (Wildman–Crippen LogP) is 4.75. The first-order valence-corrected chi connectivity index (χ1v) is 10.6. The Hall–Kier alpha value is -2.69. The third-order valence-corrected chi connectivity index (χ3v) is 6.02. The van der Waals surface area contributed by atoms with Gasteiger partial charge in [0.15, 0.2) is 0 Å². The molecule has 1 heterocycles. The Morgan fingerprint density at radius 1 is 0.966 bits per heavy atom. The summed E-state index contributed by atoms with van der Waals surface area (Å²) in [6.45, 7) is 0.274. The van der Waals surface area contributed by atoms with E-state index in [0.717, 1.165) is 36.8 Å². The van der Waals surface area contributed by atoms with Crippen LogP contribution in [-0.2, 0) is 11.3 Å². The van der Waals surface area contributed by atoms with Gasteiger partial charge in [0, 0.05) is 18.2 Å². The third kappa shape index (κ3) is 4.34. The second-order valence-corrected chi connectivity index (χ2v) is 8.10. The van der Waals surface area contributed by atoms with E-state index >= 15 is 0 Å². The molecule has 5 heteroatoms. The molecule has 29 heavy (non-hydrogen) atoms. The first-order valence-electron chi connectivity index (χ1n) is 10.6. The lowest BCUT2D eigenvalue weighted by Crippen LogP contribution is -2.43. The van der Waals surface area contributed by atoms with E-state index in [9.17, 15) is 14.0 Å². The maximum Gasteiger partial charge on any atom is 0.255 e. The van der Waals surface area contributed by atoms with Crippen LogP contribution in [0, 0.1) is 5.82 Å². The number of fused-ring (bicyclic) bond motifs is 1. The Balaban J connectivity index is 1.57. The highest BCUT2D eigenvalue weighted by Gasteiger charge is 2.41. The molecule has 1 atom stereocenters. The zero-order valence-electron chi connectivity index (χ0n) is 16.6. The van der Waals surface area contributed by atoms with Crippen molar-refractivity contribution in [3.63, 3.8) is 0 Å². The third-order valence-electron chi connectivity index (χ3n) is 6.02. The molecule has 0 saturated heterocycles. The van der Waals surface area contributed by atoms with Gasteiger partial charge in [-0.05, 0) is 42.2 Å². The molecule has 2 amide bonds. The molecule has 2 aromatic carbocycles. The first kappa shape index (κ1) is 19.6. The summed E-state index contributed by atoms with van der Waals surface area (Å²) in [5.74, 6) is -0.581. The summed E-state index contributed by atoms with van der Waals surface area (Å²) in [6, 6.07) is 12.9. The Morgan fingerprint density at radius 3 is 2.34 bits per heavy atom. The van der Waals surface area contributed by atoms with Crippen molar-refractivity contribution in [2.75, 3.05) is 0 Å². The molecule has 0 unspecified atom stereocenters. The van der Waals surface area contributed by atoms with E-state index in [1.165, 1.54) is 31.4 Å². The van der Waals surface area contributed by atoms with Crippen LogP contribution in [0.4, 0.5) is 4.39 Å². The van der Waals surface area contributed by atoms with Crippen LogP contribution >= 0.6 is 0 Å². The van der Waals surface area contributed by atoms with Crippen LogP contribution in [-0.4, -0.2) is 22.8 Å². The number of benzene rings is 2. The Labute approximate surface area is 171 Å². The largest absolute Gasteiger partial charge is 0.351 e. The summed E-state index contributed by atoms with van der Waals surface area (Å²) in [4.78, 5) is 28.0. The second kappa shape index (κ2) is 8.76.